The summed E-state index contributed by atoms with van der Waals surface area (Å²) in [7, 11) is 1.63. The number of ether oxygens (including phenoxy) is 1. The fourth-order valence-electron chi connectivity index (χ4n) is 4.87. The number of fused-ring (bicyclic) bond motifs is 1. The van der Waals surface area contributed by atoms with Crippen LogP contribution in [0.15, 0.2) is 77.6 Å². The minimum atomic E-state index is -0.344. The Labute approximate surface area is 205 Å². The van der Waals surface area contributed by atoms with Gasteiger partial charge < -0.3 is 19.1 Å². The lowest BCUT2D eigenvalue weighted by molar-refractivity contribution is 0.270. The van der Waals surface area contributed by atoms with E-state index < -0.39 is 0 Å². The second kappa shape index (κ2) is 9.92. The molecule has 3 aromatic carbocycles. The first-order chi connectivity index (χ1) is 17.1. The molecule has 0 saturated carbocycles. The van der Waals surface area contributed by atoms with Crippen molar-refractivity contribution in [2.45, 2.75) is 13.5 Å². The summed E-state index contributed by atoms with van der Waals surface area (Å²) in [6.07, 6.45) is 0. The Morgan fingerprint density at radius 1 is 0.914 bits per heavy atom. The Bertz CT molecular complexity index is 1380. The molecular formula is C29H30FN3O2. The van der Waals surface area contributed by atoms with E-state index >= 15 is 4.39 Å². The minimum absolute atomic E-state index is 0.184. The van der Waals surface area contributed by atoms with Gasteiger partial charge in [0.2, 0.25) is 0 Å². The Hall–Kier alpha value is -3.64. The van der Waals surface area contributed by atoms with Crippen LogP contribution in [0.2, 0.25) is 0 Å². The second-order valence-corrected chi connectivity index (χ2v) is 8.94. The van der Waals surface area contributed by atoms with Gasteiger partial charge in [0.15, 0.2) is 5.43 Å². The van der Waals surface area contributed by atoms with Crippen LogP contribution in [0, 0.1) is 5.82 Å². The summed E-state index contributed by atoms with van der Waals surface area (Å²) in [5.74, 6) is 0.407. The maximum absolute atomic E-state index is 15.3. The van der Waals surface area contributed by atoms with Crippen LogP contribution in [0.1, 0.15) is 12.5 Å². The van der Waals surface area contributed by atoms with Crippen molar-refractivity contribution in [3.05, 3.63) is 94.4 Å². The first-order valence-corrected chi connectivity index (χ1v) is 12.1. The van der Waals surface area contributed by atoms with E-state index in [4.69, 9.17) is 4.74 Å². The summed E-state index contributed by atoms with van der Waals surface area (Å²) < 4.78 is 22.8. The maximum atomic E-state index is 15.3. The predicted molar refractivity (Wildman–Crippen MR) is 140 cm³/mol. The number of likely N-dealkylation sites (N-methyl/N-ethyl adjacent to an activating group) is 1. The van der Waals surface area contributed by atoms with Gasteiger partial charge in [-0.3, -0.25) is 4.79 Å². The standard InChI is InChI=1S/C29H30FN3O2/c1-3-31-13-15-32(16-14-31)28-18-27-24(17-25(28)30)29(34)19-26(22-9-11-23(35-2)12-10-22)33(27)20-21-7-5-4-6-8-21/h4-12,17-19H,3,13-16,20H2,1-2H3. The van der Waals surface area contributed by atoms with Gasteiger partial charge in [0, 0.05) is 44.2 Å². The highest BCUT2D eigenvalue weighted by Crippen LogP contribution is 2.30. The molecule has 1 aromatic heterocycles. The molecule has 35 heavy (non-hydrogen) atoms. The van der Waals surface area contributed by atoms with E-state index in [9.17, 15) is 4.79 Å². The van der Waals surface area contributed by atoms with Gasteiger partial charge in [-0.25, -0.2) is 4.39 Å². The summed E-state index contributed by atoms with van der Waals surface area (Å²) in [6.45, 7) is 7.03. The van der Waals surface area contributed by atoms with Gasteiger partial charge in [0.05, 0.1) is 24.0 Å². The largest absolute Gasteiger partial charge is 0.497 e. The van der Waals surface area contributed by atoms with Crippen LogP contribution in [0.5, 0.6) is 5.75 Å². The molecule has 5 nitrogen and oxygen atoms in total. The zero-order chi connectivity index (χ0) is 24.4. The normalized spacial score (nSPS) is 14.4. The number of piperazine rings is 1. The predicted octanol–water partition coefficient (Wildman–Crippen LogP) is 5.01. The van der Waals surface area contributed by atoms with Gasteiger partial charge in [-0.15, -0.1) is 0 Å². The molecule has 4 aromatic rings. The van der Waals surface area contributed by atoms with Gasteiger partial charge >= 0.3 is 0 Å². The number of aromatic nitrogens is 1. The third kappa shape index (κ3) is 4.66. The number of hydrogen-bond acceptors (Lipinski definition) is 4. The number of halogens is 1. The molecule has 1 fully saturated rings. The lowest BCUT2D eigenvalue weighted by atomic mass is 10.1. The zero-order valence-corrected chi connectivity index (χ0v) is 20.2. The van der Waals surface area contributed by atoms with Crippen LogP contribution in [0.3, 0.4) is 0 Å². The van der Waals surface area contributed by atoms with E-state index in [1.54, 1.807) is 13.2 Å². The van der Waals surface area contributed by atoms with Crippen molar-refractivity contribution >= 4 is 16.6 Å². The molecule has 0 atom stereocenters. The molecule has 1 saturated heterocycles. The number of methoxy groups -OCH3 is 1. The lowest BCUT2D eigenvalue weighted by Gasteiger charge is -2.35. The first kappa shape index (κ1) is 23.1. The van der Waals surface area contributed by atoms with Crippen molar-refractivity contribution in [2.24, 2.45) is 0 Å². The monoisotopic (exact) mass is 471 g/mol. The SMILES string of the molecule is CCN1CCN(c2cc3c(cc2F)c(=O)cc(-c2ccc(OC)cc2)n3Cc2ccccc2)CC1. The molecule has 0 bridgehead atoms. The highest BCUT2D eigenvalue weighted by atomic mass is 19.1. The van der Waals surface area contributed by atoms with Crippen LogP contribution in [0.4, 0.5) is 10.1 Å². The number of rotatable bonds is 6. The molecule has 1 aliphatic heterocycles. The van der Waals surface area contributed by atoms with Crippen LogP contribution in [0.25, 0.3) is 22.2 Å². The fourth-order valence-corrected chi connectivity index (χ4v) is 4.87. The number of benzene rings is 3. The number of nitrogens with zero attached hydrogens (tertiary/aromatic N) is 3. The molecule has 0 aliphatic carbocycles. The molecule has 0 amide bonds. The number of pyridine rings is 1. The fraction of sp³-hybridized carbons (Fsp3) is 0.276. The summed E-state index contributed by atoms with van der Waals surface area (Å²) in [6, 6.07) is 22.7. The van der Waals surface area contributed by atoms with Gasteiger partial charge in [0.25, 0.3) is 0 Å². The van der Waals surface area contributed by atoms with Gasteiger partial charge in [-0.05, 0) is 54.1 Å². The Kier molecular flexibility index (Phi) is 6.55. The summed E-state index contributed by atoms with van der Waals surface area (Å²) >= 11 is 0. The van der Waals surface area contributed by atoms with Crippen molar-refractivity contribution in [1.82, 2.24) is 9.47 Å². The third-order valence-corrected chi connectivity index (χ3v) is 6.91. The summed E-state index contributed by atoms with van der Waals surface area (Å²) in [5, 5.41) is 0.395. The topological polar surface area (TPSA) is 37.7 Å². The van der Waals surface area contributed by atoms with E-state index in [1.165, 1.54) is 6.07 Å². The van der Waals surface area contributed by atoms with Crippen molar-refractivity contribution in [3.8, 4) is 17.0 Å². The molecule has 6 heteroatoms. The average molecular weight is 472 g/mol. The summed E-state index contributed by atoms with van der Waals surface area (Å²) in [4.78, 5) is 17.7. The van der Waals surface area contributed by atoms with E-state index in [-0.39, 0.29) is 11.2 Å². The Morgan fingerprint density at radius 2 is 1.63 bits per heavy atom. The van der Waals surface area contributed by atoms with Gasteiger partial charge in [-0.1, -0.05) is 37.3 Å². The van der Waals surface area contributed by atoms with E-state index in [1.807, 2.05) is 48.5 Å². The van der Waals surface area contributed by atoms with Gasteiger partial charge in [0.1, 0.15) is 11.6 Å². The van der Waals surface area contributed by atoms with Crippen LogP contribution < -0.4 is 15.1 Å². The molecule has 0 spiro atoms. The van der Waals surface area contributed by atoms with Crippen molar-refractivity contribution in [3.63, 3.8) is 0 Å². The van der Waals surface area contributed by atoms with E-state index in [0.717, 1.165) is 60.8 Å². The number of anilines is 1. The molecule has 0 N–H and O–H groups in total. The van der Waals surface area contributed by atoms with E-state index in [2.05, 4.69) is 33.4 Å². The van der Waals surface area contributed by atoms with Crippen molar-refractivity contribution in [2.75, 3.05) is 44.7 Å². The quantitative estimate of drug-likeness (QED) is 0.396. The first-order valence-electron chi connectivity index (χ1n) is 12.1. The van der Waals surface area contributed by atoms with Crippen LogP contribution >= 0.6 is 0 Å². The molecule has 5 rings (SSSR count). The van der Waals surface area contributed by atoms with Crippen LogP contribution in [-0.2, 0) is 6.54 Å². The van der Waals surface area contributed by atoms with Crippen molar-refractivity contribution in [1.29, 1.82) is 0 Å². The van der Waals surface area contributed by atoms with Crippen LogP contribution in [-0.4, -0.2) is 49.3 Å². The Balaban J connectivity index is 1.69. The smallest absolute Gasteiger partial charge is 0.190 e. The molecule has 180 valence electrons. The summed E-state index contributed by atoms with van der Waals surface area (Å²) in [5.41, 5.74) is 3.92. The highest BCUT2D eigenvalue weighted by molar-refractivity contribution is 5.86. The molecular weight excluding hydrogens is 441 g/mol. The highest BCUT2D eigenvalue weighted by Gasteiger charge is 2.21. The van der Waals surface area contributed by atoms with Gasteiger partial charge in [-0.2, -0.15) is 0 Å². The van der Waals surface area contributed by atoms with E-state index in [0.29, 0.717) is 17.6 Å². The third-order valence-electron chi connectivity index (χ3n) is 6.91. The maximum Gasteiger partial charge on any atom is 0.190 e. The molecule has 0 radical (unpaired) electrons. The lowest BCUT2D eigenvalue weighted by Crippen LogP contribution is -2.46. The molecule has 2 heterocycles. The second-order valence-electron chi connectivity index (χ2n) is 8.94. The molecule has 0 unspecified atom stereocenters. The minimum Gasteiger partial charge on any atom is -0.497 e. The van der Waals surface area contributed by atoms with Crippen molar-refractivity contribution < 1.29 is 9.13 Å². The zero-order valence-electron chi connectivity index (χ0n) is 20.2. The Morgan fingerprint density at radius 3 is 2.29 bits per heavy atom. The molecule has 1 aliphatic rings. The average Bonchev–Trinajstić information content (AvgIpc) is 2.91. The number of hydrogen-bond donors (Lipinski definition) is 0.